The number of anilines is 1. The van der Waals surface area contributed by atoms with Crippen LogP contribution in [-0.2, 0) is 11.3 Å². The average molecular weight is 464 g/mol. The Morgan fingerprint density at radius 2 is 1.88 bits per heavy atom. The molecule has 0 radical (unpaired) electrons. The summed E-state index contributed by atoms with van der Waals surface area (Å²) in [6, 6.07) is 20.6. The number of carbonyl (C=O) groups is 1. The molecule has 1 aliphatic rings. The minimum atomic E-state index is -0.826. The Hall–Kier alpha value is -3.42. The van der Waals surface area contributed by atoms with Crippen LogP contribution in [0.15, 0.2) is 99.1 Å². The number of thiol groups is 1. The first kappa shape index (κ1) is 22.8. The number of hydrogen-bond donors (Lipinski definition) is 3. The molecule has 2 N–H and O–H groups in total. The molecule has 1 aromatic heterocycles. The lowest BCUT2D eigenvalue weighted by Gasteiger charge is -2.18. The number of likely N-dealkylation sites (N-methyl/N-ethyl adjacent to an activating group) is 1. The molecule has 2 aromatic carbocycles. The second kappa shape index (κ2) is 10.0. The fourth-order valence-corrected chi connectivity index (χ4v) is 5.23. The van der Waals surface area contributed by atoms with E-state index in [-0.39, 0.29) is 23.0 Å². The summed E-state index contributed by atoms with van der Waals surface area (Å²) < 4.78 is 15.2. The van der Waals surface area contributed by atoms with Crippen molar-refractivity contribution in [1.29, 1.82) is 0 Å². The molecule has 0 fully saturated rings. The topological polar surface area (TPSA) is 63.1 Å². The molecule has 0 spiro atoms. The van der Waals surface area contributed by atoms with Gasteiger partial charge in [0.05, 0.1) is 18.3 Å². The fourth-order valence-electron chi connectivity index (χ4n) is 3.59. The second-order valence-corrected chi connectivity index (χ2v) is 9.68. The number of rotatable bonds is 7. The summed E-state index contributed by atoms with van der Waals surface area (Å²) in [6.45, 7) is 2.05. The molecule has 2 atom stereocenters. The first-order valence-corrected chi connectivity index (χ1v) is 12.1. The van der Waals surface area contributed by atoms with Crippen LogP contribution in [0.2, 0.25) is 0 Å². The van der Waals surface area contributed by atoms with Gasteiger partial charge in [-0.1, -0.05) is 42.5 Å². The molecule has 33 heavy (non-hydrogen) atoms. The van der Waals surface area contributed by atoms with Crippen LogP contribution in [0, 0.1) is 0 Å². The van der Waals surface area contributed by atoms with E-state index in [0.29, 0.717) is 6.54 Å². The van der Waals surface area contributed by atoms with E-state index >= 15 is 0 Å². The number of nitrogens with one attached hydrogen (secondary N) is 2. The van der Waals surface area contributed by atoms with Gasteiger partial charge in [-0.05, 0) is 71.2 Å². The minimum Gasteiger partial charge on any atom is -0.320 e. The molecule has 0 aliphatic carbocycles. The van der Waals surface area contributed by atoms with Gasteiger partial charge in [-0.25, -0.2) is 4.39 Å². The van der Waals surface area contributed by atoms with Gasteiger partial charge in [0.15, 0.2) is 0 Å². The first-order valence-electron chi connectivity index (χ1n) is 10.7. The molecule has 5 nitrogen and oxygen atoms in total. The van der Waals surface area contributed by atoms with E-state index in [1.807, 2.05) is 66.1 Å². The predicted octanol–water partition coefficient (Wildman–Crippen LogP) is 4.81. The number of hydrogen-bond acceptors (Lipinski definition) is 3. The number of benzene rings is 2. The van der Waals surface area contributed by atoms with E-state index in [4.69, 9.17) is 0 Å². The van der Waals surface area contributed by atoms with E-state index in [1.165, 1.54) is 6.08 Å². The van der Waals surface area contributed by atoms with Crippen molar-refractivity contribution in [2.24, 2.45) is 0 Å². The monoisotopic (exact) mass is 463 g/mol. The Morgan fingerprint density at radius 1 is 1.09 bits per heavy atom. The van der Waals surface area contributed by atoms with Crippen LogP contribution >= 0.6 is 10.9 Å². The molecule has 4 rings (SSSR count). The third-order valence-corrected chi connectivity index (χ3v) is 7.40. The fraction of sp³-hybridized carbons (Fsp3) is 0.154. The van der Waals surface area contributed by atoms with Crippen molar-refractivity contribution >= 4 is 22.5 Å². The zero-order chi connectivity index (χ0) is 23.4. The highest BCUT2D eigenvalue weighted by Crippen LogP contribution is 2.44. The van der Waals surface area contributed by atoms with Crippen LogP contribution in [0.4, 0.5) is 10.1 Å². The van der Waals surface area contributed by atoms with Gasteiger partial charge in [0.25, 0.3) is 5.56 Å². The van der Waals surface area contributed by atoms with Crippen molar-refractivity contribution in [3.63, 3.8) is 0 Å². The number of amides is 1. The van der Waals surface area contributed by atoms with Crippen LogP contribution in [0.5, 0.6) is 0 Å². The molecule has 0 saturated heterocycles. The van der Waals surface area contributed by atoms with Crippen molar-refractivity contribution < 1.29 is 9.18 Å². The minimum absolute atomic E-state index is 0.215. The summed E-state index contributed by atoms with van der Waals surface area (Å²) in [5.74, 6) is -0.492. The zero-order valence-electron chi connectivity index (χ0n) is 18.5. The smallest absolute Gasteiger partial charge is 0.275 e. The Morgan fingerprint density at radius 3 is 2.58 bits per heavy atom. The van der Waals surface area contributed by atoms with Crippen LogP contribution in [-0.4, -0.2) is 23.6 Å². The van der Waals surface area contributed by atoms with Gasteiger partial charge in [0, 0.05) is 0 Å². The molecule has 1 amide bonds. The summed E-state index contributed by atoms with van der Waals surface area (Å²) in [4.78, 5) is 26.9. The average Bonchev–Trinajstić information content (AvgIpc) is 3.28. The molecule has 2 heterocycles. The molecule has 0 bridgehead atoms. The number of halogens is 1. The predicted molar refractivity (Wildman–Crippen MR) is 134 cm³/mol. The van der Waals surface area contributed by atoms with Crippen LogP contribution in [0.3, 0.4) is 0 Å². The lowest BCUT2D eigenvalue weighted by atomic mass is 10.1. The Bertz CT molecular complexity index is 1280. The summed E-state index contributed by atoms with van der Waals surface area (Å²) >= 11 is 0. The van der Waals surface area contributed by atoms with Gasteiger partial charge in [0.1, 0.15) is 11.5 Å². The molecule has 7 heteroatoms. The highest BCUT2D eigenvalue weighted by molar-refractivity contribution is 8.22. The summed E-state index contributed by atoms with van der Waals surface area (Å²) in [5, 5.41) is 9.13. The lowest BCUT2D eigenvalue weighted by molar-refractivity contribution is -0.117. The third-order valence-electron chi connectivity index (χ3n) is 5.53. The van der Waals surface area contributed by atoms with E-state index in [0.717, 1.165) is 21.7 Å². The molecule has 1 aliphatic heterocycles. The van der Waals surface area contributed by atoms with E-state index < -0.39 is 16.9 Å². The Labute approximate surface area is 195 Å². The molecule has 3 aromatic rings. The van der Waals surface area contributed by atoms with E-state index in [1.54, 1.807) is 30.0 Å². The lowest BCUT2D eigenvalue weighted by Crippen LogP contribution is -2.37. The SMILES string of the molecule is CN[C@@H](C)C(=O)Nc1ccc(-c2ccccc2)n(Cc2cccc([SH]3C=CC(F)=C3)c2)c1=O. The quantitative estimate of drug-likeness (QED) is 0.441. The normalized spacial score (nSPS) is 16.9. The van der Waals surface area contributed by atoms with Crippen LogP contribution in [0.25, 0.3) is 11.3 Å². The maximum atomic E-state index is 13.5. The number of pyridine rings is 1. The van der Waals surface area contributed by atoms with Crippen LogP contribution < -0.4 is 16.2 Å². The first-order chi connectivity index (χ1) is 16.0. The summed E-state index contributed by atoms with van der Waals surface area (Å²) in [6.07, 6.45) is 1.49. The molecule has 1 unspecified atom stereocenters. The summed E-state index contributed by atoms with van der Waals surface area (Å²) in [5.41, 5.74) is 2.53. The maximum absolute atomic E-state index is 13.5. The van der Waals surface area contributed by atoms with Crippen molar-refractivity contribution in [2.75, 3.05) is 12.4 Å². The number of allylic oxidation sites excluding steroid dienone is 2. The van der Waals surface area contributed by atoms with Crippen molar-refractivity contribution in [2.45, 2.75) is 24.4 Å². The molecular weight excluding hydrogens is 437 g/mol. The zero-order valence-corrected chi connectivity index (χ0v) is 19.4. The third kappa shape index (κ3) is 5.16. The Balaban J connectivity index is 1.74. The highest BCUT2D eigenvalue weighted by atomic mass is 32.2. The van der Waals surface area contributed by atoms with Gasteiger partial charge in [-0.3, -0.25) is 9.59 Å². The molecule has 170 valence electrons. The van der Waals surface area contributed by atoms with Gasteiger partial charge in [0.2, 0.25) is 5.91 Å². The van der Waals surface area contributed by atoms with Gasteiger partial charge < -0.3 is 15.2 Å². The maximum Gasteiger partial charge on any atom is 0.275 e. The van der Waals surface area contributed by atoms with Crippen LogP contribution in [0.1, 0.15) is 12.5 Å². The standard InChI is InChI=1S/C26H26FN3O2S/c1-18(28-2)25(31)29-23-11-12-24(20-8-4-3-5-9-20)30(26(23)32)16-19-7-6-10-22(15-19)33-14-13-21(27)17-33/h3-15,17-18,28,33H,16H2,1-2H3,(H,29,31)/t18-/m0/s1. The number of nitrogens with zero attached hydrogens (tertiary/aromatic N) is 1. The van der Waals surface area contributed by atoms with Crippen molar-refractivity contribution in [3.8, 4) is 11.3 Å². The molecular formula is C26H26FN3O2S. The van der Waals surface area contributed by atoms with E-state index in [2.05, 4.69) is 10.6 Å². The largest absolute Gasteiger partial charge is 0.320 e. The van der Waals surface area contributed by atoms with Gasteiger partial charge in [-0.15, -0.1) is 0 Å². The Kier molecular flexibility index (Phi) is 6.91. The van der Waals surface area contributed by atoms with E-state index in [9.17, 15) is 14.0 Å². The van der Waals surface area contributed by atoms with Crippen molar-refractivity contribution in [1.82, 2.24) is 9.88 Å². The van der Waals surface area contributed by atoms with Crippen molar-refractivity contribution in [3.05, 3.63) is 105 Å². The highest BCUT2D eigenvalue weighted by Gasteiger charge is 2.16. The number of carbonyl (C=O) groups excluding carboxylic acids is 1. The number of aromatic nitrogens is 1. The second-order valence-electron chi connectivity index (χ2n) is 7.80. The molecule has 0 saturated carbocycles. The summed E-state index contributed by atoms with van der Waals surface area (Å²) in [7, 11) is 0.865. The van der Waals surface area contributed by atoms with Gasteiger partial charge >= 0.3 is 0 Å². The van der Waals surface area contributed by atoms with Gasteiger partial charge in [-0.2, -0.15) is 10.9 Å².